The number of alkyl halides is 2. The van der Waals surface area contributed by atoms with E-state index in [-0.39, 0.29) is 36.3 Å². The van der Waals surface area contributed by atoms with Gasteiger partial charge in [0.1, 0.15) is 5.75 Å². The number of piperazine rings is 3. The van der Waals surface area contributed by atoms with Crippen LogP contribution >= 0.6 is 35.6 Å². The standard InChI is InChI=1S/C18H26ClF2N5O.HI/c1-2-22-18(24-11-15-12-25-5-7-26(15)8-6-25)23-10-13-9-14(19)3-4-16(13)27-17(20)21;/h3-4,9,15,17H,2,5-8,10-12H2,1H3,(H2,22,23,24);1H. The van der Waals surface area contributed by atoms with Crippen LogP contribution in [0.25, 0.3) is 0 Å². The molecule has 0 amide bonds. The fourth-order valence-electron chi connectivity index (χ4n) is 3.52. The highest BCUT2D eigenvalue weighted by atomic mass is 127. The molecule has 158 valence electrons. The van der Waals surface area contributed by atoms with Crippen molar-refractivity contribution in [2.24, 2.45) is 4.99 Å². The smallest absolute Gasteiger partial charge is 0.387 e. The number of nitrogens with one attached hydrogen (secondary N) is 2. The molecule has 2 N–H and O–H groups in total. The van der Waals surface area contributed by atoms with E-state index in [1.807, 2.05) is 6.92 Å². The zero-order chi connectivity index (χ0) is 19.2. The SMILES string of the molecule is CCNC(=NCc1cc(Cl)ccc1OC(F)F)NCC1CN2CCN1CC2.I. The van der Waals surface area contributed by atoms with Crippen molar-refractivity contribution in [3.8, 4) is 5.75 Å². The van der Waals surface area contributed by atoms with E-state index < -0.39 is 6.61 Å². The molecule has 10 heteroatoms. The predicted molar refractivity (Wildman–Crippen MR) is 118 cm³/mol. The third kappa shape index (κ3) is 6.57. The molecular formula is C18H27ClF2IN5O. The van der Waals surface area contributed by atoms with Crippen LogP contribution in [0.3, 0.4) is 0 Å². The number of rotatable bonds is 7. The lowest BCUT2D eigenvalue weighted by molar-refractivity contribution is -0.0504. The molecule has 6 nitrogen and oxygen atoms in total. The highest BCUT2D eigenvalue weighted by Gasteiger charge is 2.31. The van der Waals surface area contributed by atoms with E-state index >= 15 is 0 Å². The summed E-state index contributed by atoms with van der Waals surface area (Å²) in [5.41, 5.74) is 0.520. The summed E-state index contributed by atoms with van der Waals surface area (Å²) in [5, 5.41) is 7.02. The van der Waals surface area contributed by atoms with Crippen molar-refractivity contribution in [2.45, 2.75) is 26.1 Å². The molecular weight excluding hydrogens is 503 g/mol. The van der Waals surface area contributed by atoms with E-state index in [4.69, 9.17) is 11.6 Å². The van der Waals surface area contributed by atoms with Gasteiger partial charge in [-0.05, 0) is 25.1 Å². The first-order chi connectivity index (χ1) is 13.0. The minimum atomic E-state index is -2.88. The zero-order valence-electron chi connectivity index (χ0n) is 15.8. The van der Waals surface area contributed by atoms with Crippen LogP contribution in [0.5, 0.6) is 5.75 Å². The van der Waals surface area contributed by atoms with Crippen molar-refractivity contribution in [1.82, 2.24) is 20.4 Å². The van der Waals surface area contributed by atoms with Crippen molar-refractivity contribution in [3.05, 3.63) is 28.8 Å². The van der Waals surface area contributed by atoms with Gasteiger partial charge in [0.2, 0.25) is 0 Å². The molecule has 3 saturated heterocycles. The fraction of sp³-hybridized carbons (Fsp3) is 0.611. The lowest BCUT2D eigenvalue weighted by atomic mass is 10.1. The van der Waals surface area contributed by atoms with Gasteiger partial charge in [0.15, 0.2) is 5.96 Å². The summed E-state index contributed by atoms with van der Waals surface area (Å²) in [7, 11) is 0. The van der Waals surface area contributed by atoms with Gasteiger partial charge < -0.3 is 15.4 Å². The maximum Gasteiger partial charge on any atom is 0.387 e. The second-order valence-electron chi connectivity index (χ2n) is 6.70. The Morgan fingerprint density at radius 1 is 1.29 bits per heavy atom. The Balaban J connectivity index is 0.00000280. The van der Waals surface area contributed by atoms with Gasteiger partial charge in [-0.3, -0.25) is 9.80 Å². The van der Waals surface area contributed by atoms with E-state index in [1.165, 1.54) is 12.1 Å². The van der Waals surface area contributed by atoms with Gasteiger partial charge in [-0.1, -0.05) is 11.6 Å². The number of guanidine groups is 1. The number of hydrogen-bond donors (Lipinski definition) is 2. The van der Waals surface area contributed by atoms with Crippen molar-refractivity contribution < 1.29 is 13.5 Å². The number of ether oxygens (including phenoxy) is 1. The van der Waals surface area contributed by atoms with Gasteiger partial charge in [0.25, 0.3) is 0 Å². The van der Waals surface area contributed by atoms with Gasteiger partial charge in [-0.25, -0.2) is 4.99 Å². The van der Waals surface area contributed by atoms with Crippen LogP contribution in [0.4, 0.5) is 8.78 Å². The van der Waals surface area contributed by atoms with Gasteiger partial charge in [-0.15, -0.1) is 24.0 Å². The van der Waals surface area contributed by atoms with E-state index in [2.05, 4.69) is 30.2 Å². The molecule has 3 aliphatic heterocycles. The Labute approximate surface area is 186 Å². The summed E-state index contributed by atoms with van der Waals surface area (Å²) in [5.74, 6) is 0.746. The molecule has 1 aromatic carbocycles. The molecule has 3 fully saturated rings. The summed E-state index contributed by atoms with van der Waals surface area (Å²) < 4.78 is 29.8. The average Bonchev–Trinajstić information content (AvgIpc) is 2.66. The molecule has 0 spiro atoms. The Morgan fingerprint density at radius 2 is 2.04 bits per heavy atom. The number of hydrogen-bond acceptors (Lipinski definition) is 4. The molecule has 1 atom stereocenters. The van der Waals surface area contributed by atoms with Crippen LogP contribution in [0.15, 0.2) is 23.2 Å². The van der Waals surface area contributed by atoms with Gasteiger partial charge >= 0.3 is 6.61 Å². The van der Waals surface area contributed by atoms with Crippen LogP contribution in [0, 0.1) is 0 Å². The average molecular weight is 530 g/mol. The molecule has 0 aliphatic carbocycles. The maximum atomic E-state index is 12.6. The van der Waals surface area contributed by atoms with Crippen molar-refractivity contribution in [2.75, 3.05) is 45.8 Å². The van der Waals surface area contributed by atoms with E-state index in [0.29, 0.717) is 29.1 Å². The van der Waals surface area contributed by atoms with Crippen LogP contribution in [-0.2, 0) is 6.54 Å². The van der Waals surface area contributed by atoms with Gasteiger partial charge in [-0.2, -0.15) is 8.78 Å². The minimum Gasteiger partial charge on any atom is -0.434 e. The maximum absolute atomic E-state index is 12.6. The summed E-state index contributed by atoms with van der Waals surface area (Å²) in [6.45, 7) is 6.36. The van der Waals surface area contributed by atoms with Crippen molar-refractivity contribution in [1.29, 1.82) is 0 Å². The highest BCUT2D eigenvalue weighted by Crippen LogP contribution is 2.25. The van der Waals surface area contributed by atoms with Gasteiger partial charge in [0, 0.05) is 62.4 Å². The summed E-state index contributed by atoms with van der Waals surface area (Å²) in [6.07, 6.45) is 0. The second-order valence-corrected chi connectivity index (χ2v) is 7.13. The Bertz CT molecular complexity index is 659. The molecule has 0 radical (unpaired) electrons. The normalized spacial score (nSPS) is 24.0. The molecule has 1 aromatic rings. The quantitative estimate of drug-likeness (QED) is 0.323. The molecule has 0 saturated carbocycles. The lowest BCUT2D eigenvalue weighted by Crippen LogP contribution is -2.63. The zero-order valence-corrected chi connectivity index (χ0v) is 18.9. The van der Waals surface area contributed by atoms with Crippen molar-refractivity contribution in [3.63, 3.8) is 0 Å². The van der Waals surface area contributed by atoms with E-state index in [9.17, 15) is 8.78 Å². The largest absolute Gasteiger partial charge is 0.434 e. The summed E-state index contributed by atoms with van der Waals surface area (Å²) in [6, 6.07) is 5.03. The summed E-state index contributed by atoms with van der Waals surface area (Å²) in [4.78, 5) is 9.50. The highest BCUT2D eigenvalue weighted by molar-refractivity contribution is 14.0. The first-order valence-electron chi connectivity index (χ1n) is 9.27. The molecule has 0 aromatic heterocycles. The molecule has 28 heavy (non-hydrogen) atoms. The van der Waals surface area contributed by atoms with Crippen LogP contribution in [-0.4, -0.2) is 74.2 Å². The molecule has 4 rings (SSSR count). The van der Waals surface area contributed by atoms with Crippen LogP contribution < -0.4 is 15.4 Å². The Morgan fingerprint density at radius 3 is 2.64 bits per heavy atom. The monoisotopic (exact) mass is 529 g/mol. The molecule has 1 unspecified atom stereocenters. The lowest BCUT2D eigenvalue weighted by Gasteiger charge is -2.47. The minimum absolute atomic E-state index is 0. The van der Waals surface area contributed by atoms with Crippen LogP contribution in [0.2, 0.25) is 5.02 Å². The number of benzene rings is 1. The topological polar surface area (TPSA) is 52.1 Å². The second kappa shape index (κ2) is 11.3. The van der Waals surface area contributed by atoms with Gasteiger partial charge in [0.05, 0.1) is 6.54 Å². The Hall–Kier alpha value is -0.910. The van der Waals surface area contributed by atoms with Crippen LogP contribution in [0.1, 0.15) is 12.5 Å². The number of fused-ring (bicyclic) bond motifs is 3. The number of aliphatic imine (C=N–C) groups is 1. The molecule has 3 heterocycles. The molecule has 2 bridgehead atoms. The summed E-state index contributed by atoms with van der Waals surface area (Å²) >= 11 is 6.00. The third-order valence-corrected chi connectivity index (χ3v) is 5.12. The first-order valence-corrected chi connectivity index (χ1v) is 9.64. The predicted octanol–water partition coefficient (Wildman–Crippen LogP) is 2.61. The molecule has 3 aliphatic rings. The Kier molecular flexibility index (Phi) is 9.45. The first kappa shape index (κ1) is 23.4. The van der Waals surface area contributed by atoms with E-state index in [0.717, 1.165) is 39.3 Å². The number of nitrogens with zero attached hydrogens (tertiary/aromatic N) is 3. The van der Waals surface area contributed by atoms with Crippen molar-refractivity contribution >= 4 is 41.5 Å². The number of halogens is 4. The third-order valence-electron chi connectivity index (χ3n) is 4.89. The fourth-order valence-corrected chi connectivity index (χ4v) is 3.72. The van der Waals surface area contributed by atoms with E-state index in [1.54, 1.807) is 6.07 Å².